The number of rotatable bonds is 2. The summed E-state index contributed by atoms with van der Waals surface area (Å²) in [5, 5.41) is 17.3. The minimum atomic E-state index is 0.166. The molecule has 2 aromatic rings. The maximum Gasteiger partial charge on any atom is 0.170 e. The SMILES string of the molecule is CC(C)c1nnc(-c2ccccc2)c(C#N)n1. The quantitative estimate of drug-likeness (QED) is 0.786. The molecule has 0 aliphatic rings. The van der Waals surface area contributed by atoms with E-state index in [9.17, 15) is 0 Å². The average Bonchev–Trinajstić information content (AvgIpc) is 2.39. The van der Waals surface area contributed by atoms with E-state index in [1.807, 2.05) is 44.2 Å². The molecule has 0 radical (unpaired) electrons. The van der Waals surface area contributed by atoms with E-state index < -0.39 is 0 Å². The van der Waals surface area contributed by atoms with E-state index in [2.05, 4.69) is 21.3 Å². The standard InChI is InChI=1S/C13H12N4/c1-9(2)13-15-11(8-14)12(16-17-13)10-6-4-3-5-7-10/h3-7,9H,1-2H3. The Balaban J connectivity index is 2.54. The summed E-state index contributed by atoms with van der Waals surface area (Å²) >= 11 is 0. The van der Waals surface area contributed by atoms with E-state index in [4.69, 9.17) is 5.26 Å². The first-order chi connectivity index (χ1) is 8.22. The van der Waals surface area contributed by atoms with E-state index in [1.165, 1.54) is 0 Å². The molecule has 4 heteroatoms. The molecular formula is C13H12N4. The van der Waals surface area contributed by atoms with Crippen LogP contribution in [0.3, 0.4) is 0 Å². The van der Waals surface area contributed by atoms with Crippen LogP contribution in [-0.4, -0.2) is 15.2 Å². The third kappa shape index (κ3) is 2.28. The Morgan fingerprint density at radius 3 is 2.41 bits per heavy atom. The van der Waals surface area contributed by atoms with Gasteiger partial charge in [-0.3, -0.25) is 0 Å². The van der Waals surface area contributed by atoms with E-state index in [1.54, 1.807) is 0 Å². The minimum Gasteiger partial charge on any atom is -0.218 e. The lowest BCUT2D eigenvalue weighted by Crippen LogP contribution is -2.04. The van der Waals surface area contributed by atoms with Crippen molar-refractivity contribution in [2.24, 2.45) is 0 Å². The van der Waals surface area contributed by atoms with Gasteiger partial charge in [-0.25, -0.2) is 4.98 Å². The van der Waals surface area contributed by atoms with Crippen LogP contribution in [0.1, 0.15) is 31.3 Å². The molecule has 84 valence electrons. The summed E-state index contributed by atoms with van der Waals surface area (Å²) in [5.74, 6) is 0.764. The fourth-order valence-corrected chi connectivity index (χ4v) is 1.45. The Bertz CT molecular complexity index is 555. The molecule has 0 saturated heterocycles. The highest BCUT2D eigenvalue weighted by Crippen LogP contribution is 2.19. The first-order valence-corrected chi connectivity index (χ1v) is 5.42. The summed E-state index contributed by atoms with van der Waals surface area (Å²) in [4.78, 5) is 4.23. The molecule has 1 aromatic carbocycles. The summed E-state index contributed by atoms with van der Waals surface area (Å²) in [6, 6.07) is 11.6. The molecule has 1 aromatic heterocycles. The summed E-state index contributed by atoms with van der Waals surface area (Å²) in [5.41, 5.74) is 1.73. The lowest BCUT2D eigenvalue weighted by molar-refractivity contribution is 0.734. The van der Waals surface area contributed by atoms with Gasteiger partial charge < -0.3 is 0 Å². The van der Waals surface area contributed by atoms with Gasteiger partial charge in [0, 0.05) is 11.5 Å². The van der Waals surface area contributed by atoms with Gasteiger partial charge >= 0.3 is 0 Å². The zero-order chi connectivity index (χ0) is 12.3. The Morgan fingerprint density at radius 1 is 1.12 bits per heavy atom. The van der Waals surface area contributed by atoms with Gasteiger partial charge in [-0.15, -0.1) is 10.2 Å². The number of nitriles is 1. The molecule has 0 fully saturated rings. The number of hydrogen-bond donors (Lipinski definition) is 0. The molecule has 2 rings (SSSR count). The van der Waals surface area contributed by atoms with Crippen molar-refractivity contribution < 1.29 is 0 Å². The molecule has 0 unspecified atom stereocenters. The summed E-state index contributed by atoms with van der Waals surface area (Å²) in [6.07, 6.45) is 0. The smallest absolute Gasteiger partial charge is 0.170 e. The molecule has 0 saturated carbocycles. The van der Waals surface area contributed by atoms with Gasteiger partial charge in [0.2, 0.25) is 0 Å². The average molecular weight is 224 g/mol. The van der Waals surface area contributed by atoms with Crippen molar-refractivity contribution in [2.75, 3.05) is 0 Å². The number of hydrogen-bond acceptors (Lipinski definition) is 4. The zero-order valence-corrected chi connectivity index (χ0v) is 9.75. The van der Waals surface area contributed by atoms with Crippen LogP contribution in [0.5, 0.6) is 0 Å². The Hall–Kier alpha value is -2.28. The van der Waals surface area contributed by atoms with Crippen LogP contribution < -0.4 is 0 Å². The normalized spacial score (nSPS) is 10.2. The molecule has 0 spiro atoms. The molecule has 0 aliphatic heterocycles. The van der Waals surface area contributed by atoms with Crippen molar-refractivity contribution in [2.45, 2.75) is 19.8 Å². The van der Waals surface area contributed by atoms with Crippen LogP contribution >= 0.6 is 0 Å². The summed E-state index contributed by atoms with van der Waals surface area (Å²) in [6.45, 7) is 3.95. The van der Waals surface area contributed by atoms with Gasteiger partial charge in [0.25, 0.3) is 0 Å². The van der Waals surface area contributed by atoms with Crippen molar-refractivity contribution >= 4 is 0 Å². The third-order valence-corrected chi connectivity index (χ3v) is 2.37. The van der Waals surface area contributed by atoms with Gasteiger partial charge in [-0.05, 0) is 0 Å². The first-order valence-electron chi connectivity index (χ1n) is 5.42. The molecule has 0 aliphatic carbocycles. The van der Waals surface area contributed by atoms with Gasteiger partial charge in [-0.1, -0.05) is 44.2 Å². The predicted molar refractivity (Wildman–Crippen MR) is 64.1 cm³/mol. The molecule has 0 amide bonds. The van der Waals surface area contributed by atoms with Crippen LogP contribution in [-0.2, 0) is 0 Å². The van der Waals surface area contributed by atoms with E-state index in [0.717, 1.165) is 5.56 Å². The molecule has 0 atom stereocenters. The fourth-order valence-electron chi connectivity index (χ4n) is 1.45. The lowest BCUT2D eigenvalue weighted by atomic mass is 10.1. The molecule has 0 N–H and O–H groups in total. The van der Waals surface area contributed by atoms with E-state index in [0.29, 0.717) is 17.2 Å². The second-order valence-electron chi connectivity index (χ2n) is 4.00. The minimum absolute atomic E-state index is 0.166. The number of aromatic nitrogens is 3. The molecule has 4 nitrogen and oxygen atoms in total. The highest BCUT2D eigenvalue weighted by molar-refractivity contribution is 5.63. The Labute approximate surface area is 100.0 Å². The Morgan fingerprint density at radius 2 is 1.82 bits per heavy atom. The maximum absolute atomic E-state index is 9.11. The highest BCUT2D eigenvalue weighted by Gasteiger charge is 2.12. The summed E-state index contributed by atoms with van der Waals surface area (Å²) in [7, 11) is 0. The largest absolute Gasteiger partial charge is 0.218 e. The van der Waals surface area contributed by atoms with Crippen LogP contribution in [0.2, 0.25) is 0 Å². The number of benzene rings is 1. The van der Waals surface area contributed by atoms with Crippen LogP contribution in [0.4, 0.5) is 0 Å². The van der Waals surface area contributed by atoms with Crippen LogP contribution in [0.25, 0.3) is 11.3 Å². The van der Waals surface area contributed by atoms with Crippen molar-refractivity contribution in [1.29, 1.82) is 5.26 Å². The molecule has 1 heterocycles. The molecular weight excluding hydrogens is 212 g/mol. The number of nitrogens with zero attached hydrogens (tertiary/aromatic N) is 4. The van der Waals surface area contributed by atoms with E-state index in [-0.39, 0.29) is 5.92 Å². The lowest BCUT2D eigenvalue weighted by Gasteiger charge is -2.05. The Kier molecular flexibility index (Phi) is 3.10. The van der Waals surface area contributed by atoms with Crippen molar-refractivity contribution in [3.05, 3.63) is 41.9 Å². The predicted octanol–water partition coefficient (Wildman–Crippen LogP) is 2.53. The van der Waals surface area contributed by atoms with Crippen molar-refractivity contribution in [1.82, 2.24) is 15.2 Å². The van der Waals surface area contributed by atoms with E-state index >= 15 is 0 Å². The van der Waals surface area contributed by atoms with Gasteiger partial charge in [0.05, 0.1) is 0 Å². The third-order valence-electron chi connectivity index (χ3n) is 2.37. The van der Waals surface area contributed by atoms with Gasteiger partial charge in [0.15, 0.2) is 11.5 Å². The monoisotopic (exact) mass is 224 g/mol. The van der Waals surface area contributed by atoms with Crippen molar-refractivity contribution in [3.8, 4) is 17.3 Å². The fraction of sp³-hybridized carbons (Fsp3) is 0.231. The highest BCUT2D eigenvalue weighted by atomic mass is 15.2. The molecule has 17 heavy (non-hydrogen) atoms. The summed E-state index contributed by atoms with van der Waals surface area (Å²) < 4.78 is 0. The van der Waals surface area contributed by atoms with Gasteiger partial charge in [0.1, 0.15) is 11.8 Å². The maximum atomic E-state index is 9.11. The second kappa shape index (κ2) is 4.71. The topological polar surface area (TPSA) is 62.5 Å². The first kappa shape index (κ1) is 11.2. The van der Waals surface area contributed by atoms with Crippen molar-refractivity contribution in [3.63, 3.8) is 0 Å². The van der Waals surface area contributed by atoms with Gasteiger partial charge in [-0.2, -0.15) is 5.26 Å². The second-order valence-corrected chi connectivity index (χ2v) is 4.00. The molecule has 0 bridgehead atoms. The van der Waals surface area contributed by atoms with Crippen LogP contribution in [0.15, 0.2) is 30.3 Å². The van der Waals surface area contributed by atoms with Crippen LogP contribution in [0, 0.1) is 11.3 Å². The zero-order valence-electron chi connectivity index (χ0n) is 9.75.